The summed E-state index contributed by atoms with van der Waals surface area (Å²) in [6.07, 6.45) is 50.1. The first-order valence-corrected chi connectivity index (χ1v) is 40.5. The highest BCUT2D eigenvalue weighted by Crippen LogP contribution is 2.45. The second kappa shape index (κ2) is 64.1. The number of ether oxygens (including phenoxy) is 4. The monoisotopic (exact) mass is 1340 g/mol. The maximum atomic E-state index is 13.0. The second-order valence-corrected chi connectivity index (χ2v) is 29.8. The van der Waals surface area contributed by atoms with Crippen LogP contribution in [0.5, 0.6) is 0 Å². The molecular formula is C72H140O17P2. The number of hydrogen-bond acceptors (Lipinski definition) is 15. The zero-order chi connectivity index (χ0) is 67.2. The van der Waals surface area contributed by atoms with E-state index in [1.807, 2.05) is 0 Å². The Morgan fingerprint density at radius 3 is 0.747 bits per heavy atom. The van der Waals surface area contributed by atoms with Gasteiger partial charge in [0.1, 0.15) is 19.3 Å². The highest BCUT2D eigenvalue weighted by molar-refractivity contribution is 7.47. The van der Waals surface area contributed by atoms with Crippen molar-refractivity contribution in [1.82, 2.24) is 0 Å². The number of carbonyl (C=O) groups is 4. The van der Waals surface area contributed by atoms with Crippen molar-refractivity contribution in [2.24, 2.45) is 11.8 Å². The Morgan fingerprint density at radius 2 is 0.505 bits per heavy atom. The number of aliphatic hydroxyl groups excluding tert-OH is 1. The number of carbonyl (C=O) groups excluding carboxylic acids is 4. The molecule has 0 amide bonds. The Balaban J connectivity index is 5.20. The first-order chi connectivity index (χ1) is 43.9. The molecule has 0 spiro atoms. The summed E-state index contributed by atoms with van der Waals surface area (Å²) in [6.45, 7) is 9.50. The van der Waals surface area contributed by atoms with Gasteiger partial charge in [0.15, 0.2) is 12.2 Å². The summed E-state index contributed by atoms with van der Waals surface area (Å²) in [6, 6.07) is 0. The lowest BCUT2D eigenvalue weighted by Crippen LogP contribution is -2.30. The van der Waals surface area contributed by atoms with E-state index in [0.29, 0.717) is 31.6 Å². The van der Waals surface area contributed by atoms with Crippen molar-refractivity contribution < 1.29 is 80.2 Å². The van der Waals surface area contributed by atoms with Crippen LogP contribution in [0.1, 0.15) is 369 Å². The van der Waals surface area contributed by atoms with Gasteiger partial charge in [-0.25, -0.2) is 9.13 Å². The quantitative estimate of drug-likeness (QED) is 0.0222. The normalized spacial score (nSPS) is 14.1. The summed E-state index contributed by atoms with van der Waals surface area (Å²) >= 11 is 0. The van der Waals surface area contributed by atoms with Crippen molar-refractivity contribution in [2.45, 2.75) is 387 Å². The predicted octanol–water partition coefficient (Wildman–Crippen LogP) is 20.8. The molecule has 0 heterocycles. The lowest BCUT2D eigenvalue weighted by molar-refractivity contribution is -0.161. The molecule has 0 aliphatic carbocycles. The van der Waals surface area contributed by atoms with Crippen LogP contribution in [0, 0.1) is 11.8 Å². The van der Waals surface area contributed by atoms with Crippen molar-refractivity contribution in [2.75, 3.05) is 39.6 Å². The third-order valence-electron chi connectivity index (χ3n) is 16.7. The minimum atomic E-state index is -4.95. The topological polar surface area (TPSA) is 237 Å². The molecule has 0 aromatic carbocycles. The van der Waals surface area contributed by atoms with Gasteiger partial charge in [-0.2, -0.15) is 0 Å². The van der Waals surface area contributed by atoms with E-state index in [2.05, 4.69) is 41.5 Å². The van der Waals surface area contributed by atoms with Gasteiger partial charge in [-0.1, -0.05) is 318 Å². The predicted molar refractivity (Wildman–Crippen MR) is 368 cm³/mol. The minimum absolute atomic E-state index is 0.103. The highest BCUT2D eigenvalue weighted by Gasteiger charge is 2.30. The third kappa shape index (κ3) is 66.5. The van der Waals surface area contributed by atoms with Gasteiger partial charge < -0.3 is 33.8 Å². The summed E-state index contributed by atoms with van der Waals surface area (Å²) < 4.78 is 68.3. The SMILES string of the molecule is CCCCCCCCCCCCCCCCCC(=O)OC[C@H](COP(=O)(O)OC[C@@H](O)COP(=O)(O)OC[C@@H](COC(=O)CCCCCCCCCC)OC(=O)CCCCCCCCCC(C)C)OC(=O)CCCCCCCCCCCCCCCCCC(C)C. The van der Waals surface area contributed by atoms with Crippen molar-refractivity contribution in [3.05, 3.63) is 0 Å². The standard InChI is InChI=1S/C72H140O17P2/c1-7-9-11-13-15-17-18-19-21-25-28-31-37-43-49-55-70(75)83-61-67(88-71(76)56-50-44-38-32-29-26-23-20-22-24-27-30-34-40-46-52-64(3)4)62-86-90(78,79)84-58-66(73)59-85-91(80,81)87-63-68(60-82-69(74)54-48-42-36-16-14-12-10-8-2)89-72(77)57-51-45-39-33-35-41-47-53-65(5)6/h64-68,73H,7-63H2,1-6H3,(H,78,79)(H,80,81)/t66-,67-,68-/m1/s1. The first-order valence-electron chi connectivity index (χ1n) is 37.5. The Labute approximate surface area is 556 Å². The van der Waals surface area contributed by atoms with E-state index in [-0.39, 0.29) is 25.7 Å². The Morgan fingerprint density at radius 1 is 0.297 bits per heavy atom. The van der Waals surface area contributed by atoms with Crippen LogP contribution >= 0.6 is 15.6 Å². The molecule has 5 atom stereocenters. The molecule has 0 fully saturated rings. The van der Waals surface area contributed by atoms with E-state index in [9.17, 15) is 43.2 Å². The Kier molecular flexibility index (Phi) is 62.7. The molecule has 0 aromatic heterocycles. The van der Waals surface area contributed by atoms with Crippen LogP contribution in [0.3, 0.4) is 0 Å². The van der Waals surface area contributed by atoms with E-state index in [1.54, 1.807) is 0 Å². The molecule has 17 nitrogen and oxygen atoms in total. The average Bonchev–Trinajstić information content (AvgIpc) is 3.69. The average molecular weight is 1340 g/mol. The number of esters is 4. The van der Waals surface area contributed by atoms with E-state index in [1.165, 1.54) is 180 Å². The van der Waals surface area contributed by atoms with E-state index >= 15 is 0 Å². The molecule has 0 aliphatic rings. The van der Waals surface area contributed by atoms with Crippen molar-refractivity contribution in [3.8, 4) is 0 Å². The van der Waals surface area contributed by atoms with Crippen LogP contribution < -0.4 is 0 Å². The highest BCUT2D eigenvalue weighted by atomic mass is 31.2. The fourth-order valence-corrected chi connectivity index (χ4v) is 12.5. The molecule has 0 saturated heterocycles. The Bertz CT molecular complexity index is 1770. The molecule has 0 radical (unpaired) electrons. The second-order valence-electron chi connectivity index (χ2n) is 26.9. The molecule has 0 rings (SSSR count). The molecule has 0 aliphatic heterocycles. The lowest BCUT2D eigenvalue weighted by atomic mass is 10.0. The first kappa shape index (κ1) is 89.1. The number of hydrogen-bond donors (Lipinski definition) is 3. The van der Waals surface area contributed by atoms with Gasteiger partial charge in [-0.3, -0.25) is 37.3 Å². The molecular weight excluding hydrogens is 1200 g/mol. The summed E-state index contributed by atoms with van der Waals surface area (Å²) in [5.41, 5.74) is 0. The smallest absolute Gasteiger partial charge is 0.462 e. The number of rotatable bonds is 71. The van der Waals surface area contributed by atoms with Crippen LogP contribution in [-0.4, -0.2) is 96.7 Å². The molecule has 2 unspecified atom stereocenters. The summed E-state index contributed by atoms with van der Waals surface area (Å²) in [7, 11) is -9.90. The largest absolute Gasteiger partial charge is 0.472 e. The van der Waals surface area contributed by atoms with Crippen molar-refractivity contribution in [1.29, 1.82) is 0 Å². The van der Waals surface area contributed by atoms with Crippen LogP contribution in [-0.2, 0) is 65.4 Å². The molecule has 91 heavy (non-hydrogen) atoms. The minimum Gasteiger partial charge on any atom is -0.462 e. The Hall–Kier alpha value is -1.94. The molecule has 0 aromatic rings. The fraction of sp³-hybridized carbons (Fsp3) is 0.944. The van der Waals surface area contributed by atoms with Crippen LogP contribution in [0.25, 0.3) is 0 Å². The zero-order valence-electron chi connectivity index (χ0n) is 59.1. The van der Waals surface area contributed by atoms with E-state index in [0.717, 1.165) is 102 Å². The molecule has 0 saturated carbocycles. The molecule has 19 heteroatoms. The van der Waals surface area contributed by atoms with Gasteiger partial charge in [-0.05, 0) is 37.5 Å². The van der Waals surface area contributed by atoms with Crippen LogP contribution in [0.15, 0.2) is 0 Å². The number of phosphoric ester groups is 2. The third-order valence-corrected chi connectivity index (χ3v) is 18.6. The van der Waals surface area contributed by atoms with Gasteiger partial charge in [0.2, 0.25) is 0 Å². The van der Waals surface area contributed by atoms with Crippen LogP contribution in [0.4, 0.5) is 0 Å². The zero-order valence-corrected chi connectivity index (χ0v) is 60.9. The van der Waals surface area contributed by atoms with E-state index in [4.69, 9.17) is 37.0 Å². The lowest BCUT2D eigenvalue weighted by Gasteiger charge is -2.21. The summed E-state index contributed by atoms with van der Waals surface area (Å²) in [5, 5.41) is 10.6. The van der Waals surface area contributed by atoms with E-state index < -0.39 is 97.5 Å². The summed E-state index contributed by atoms with van der Waals surface area (Å²) in [5.74, 6) is -0.626. The van der Waals surface area contributed by atoms with Gasteiger partial charge in [0, 0.05) is 25.7 Å². The van der Waals surface area contributed by atoms with Gasteiger partial charge >= 0.3 is 39.5 Å². The number of unbranched alkanes of at least 4 members (excludes halogenated alkanes) is 41. The maximum Gasteiger partial charge on any atom is 0.472 e. The van der Waals surface area contributed by atoms with Gasteiger partial charge in [0.05, 0.1) is 26.4 Å². The maximum absolute atomic E-state index is 13.0. The number of phosphoric acid groups is 2. The fourth-order valence-electron chi connectivity index (χ4n) is 10.9. The number of aliphatic hydroxyl groups is 1. The molecule has 540 valence electrons. The van der Waals surface area contributed by atoms with Gasteiger partial charge in [-0.15, -0.1) is 0 Å². The van der Waals surface area contributed by atoms with Gasteiger partial charge in [0.25, 0.3) is 0 Å². The molecule has 0 bridgehead atoms. The van der Waals surface area contributed by atoms with Crippen molar-refractivity contribution >= 4 is 39.5 Å². The molecule has 3 N–H and O–H groups in total. The van der Waals surface area contributed by atoms with Crippen molar-refractivity contribution in [3.63, 3.8) is 0 Å². The van der Waals surface area contributed by atoms with Crippen LogP contribution in [0.2, 0.25) is 0 Å². The summed E-state index contributed by atoms with van der Waals surface area (Å²) in [4.78, 5) is 72.5.